The fourth-order valence-electron chi connectivity index (χ4n) is 2.39. The van der Waals surface area contributed by atoms with Gasteiger partial charge in [-0.25, -0.2) is 4.98 Å². The molecule has 0 spiro atoms. The van der Waals surface area contributed by atoms with Crippen LogP contribution in [-0.2, 0) is 4.74 Å². The van der Waals surface area contributed by atoms with Crippen LogP contribution in [0.5, 0.6) is 0 Å². The normalized spacial score (nSPS) is 18.5. The zero-order chi connectivity index (χ0) is 12.3. The molecule has 1 aromatic heterocycles. The molecule has 1 fully saturated rings. The lowest BCUT2D eigenvalue weighted by molar-refractivity contribution is 0.0922. The van der Waals surface area contributed by atoms with Crippen LogP contribution in [-0.4, -0.2) is 22.1 Å². The van der Waals surface area contributed by atoms with E-state index in [1.165, 1.54) is 12.8 Å². The first-order valence-electron chi connectivity index (χ1n) is 6.28. The van der Waals surface area contributed by atoms with Crippen molar-refractivity contribution in [1.82, 2.24) is 15.0 Å². The quantitative estimate of drug-likeness (QED) is 0.867. The molecule has 17 heavy (non-hydrogen) atoms. The maximum atomic E-state index is 5.76. The van der Waals surface area contributed by atoms with E-state index >= 15 is 0 Å². The van der Waals surface area contributed by atoms with E-state index in [9.17, 15) is 0 Å². The van der Waals surface area contributed by atoms with Crippen LogP contribution in [0.25, 0.3) is 0 Å². The second-order valence-electron chi connectivity index (χ2n) is 4.52. The molecule has 1 aliphatic carbocycles. The molecule has 2 rings (SSSR count). The fraction of sp³-hybridized carbons (Fsp3) is 0.750. The topological polar surface area (TPSA) is 73.9 Å². The van der Waals surface area contributed by atoms with Gasteiger partial charge in [-0.05, 0) is 19.3 Å². The van der Waals surface area contributed by atoms with Crippen molar-refractivity contribution < 1.29 is 4.74 Å². The third kappa shape index (κ3) is 2.72. The van der Waals surface area contributed by atoms with Crippen molar-refractivity contribution in [2.75, 3.05) is 12.8 Å². The maximum Gasteiger partial charge on any atom is 0.223 e. The van der Waals surface area contributed by atoms with Crippen molar-refractivity contribution in [1.29, 1.82) is 0 Å². The Morgan fingerprint density at radius 1 is 1.29 bits per heavy atom. The number of nitrogens with two attached hydrogens (primary N) is 1. The molecule has 1 unspecified atom stereocenters. The van der Waals surface area contributed by atoms with E-state index in [-0.39, 0.29) is 6.10 Å². The Balaban J connectivity index is 2.27. The van der Waals surface area contributed by atoms with E-state index in [2.05, 4.69) is 15.0 Å². The van der Waals surface area contributed by atoms with Crippen LogP contribution >= 0.6 is 0 Å². The number of nitrogens with zero attached hydrogens (tertiary/aromatic N) is 3. The predicted molar refractivity (Wildman–Crippen MR) is 65.5 cm³/mol. The van der Waals surface area contributed by atoms with E-state index in [1.54, 1.807) is 7.11 Å². The molecule has 1 saturated carbocycles. The van der Waals surface area contributed by atoms with Crippen molar-refractivity contribution in [2.45, 2.75) is 51.0 Å². The molecule has 0 aliphatic heterocycles. The Morgan fingerprint density at radius 3 is 2.59 bits per heavy atom. The second-order valence-corrected chi connectivity index (χ2v) is 4.52. The molecule has 0 aromatic carbocycles. The maximum absolute atomic E-state index is 5.76. The standard InChI is InChI=1S/C12H20N4O/c1-3-9(17-2)11-14-10(15-12(13)16-11)8-6-4-5-7-8/h8-9H,3-7H2,1-2H3,(H2,13,14,15,16). The van der Waals surface area contributed by atoms with Crippen LogP contribution in [0.15, 0.2) is 0 Å². The number of aromatic nitrogens is 3. The highest BCUT2D eigenvalue weighted by Crippen LogP contribution is 2.32. The molecule has 0 bridgehead atoms. The summed E-state index contributed by atoms with van der Waals surface area (Å²) >= 11 is 0. The molecule has 0 amide bonds. The number of rotatable bonds is 4. The minimum Gasteiger partial charge on any atom is -0.373 e. The minimum absolute atomic E-state index is 0.0829. The molecule has 1 atom stereocenters. The lowest BCUT2D eigenvalue weighted by Gasteiger charge is -2.14. The number of nitrogen functional groups attached to an aromatic ring is 1. The monoisotopic (exact) mass is 236 g/mol. The summed E-state index contributed by atoms with van der Waals surface area (Å²) in [6.45, 7) is 2.05. The van der Waals surface area contributed by atoms with Gasteiger partial charge in [0.15, 0.2) is 5.82 Å². The third-order valence-corrected chi connectivity index (χ3v) is 3.35. The first-order valence-corrected chi connectivity index (χ1v) is 6.28. The molecule has 1 aromatic rings. The largest absolute Gasteiger partial charge is 0.373 e. The van der Waals surface area contributed by atoms with Crippen molar-refractivity contribution in [3.8, 4) is 0 Å². The summed E-state index contributed by atoms with van der Waals surface area (Å²) in [5, 5.41) is 0. The Kier molecular flexibility index (Phi) is 3.89. The van der Waals surface area contributed by atoms with E-state index in [0.717, 1.165) is 25.1 Å². The van der Waals surface area contributed by atoms with Crippen LogP contribution in [0.2, 0.25) is 0 Å². The summed E-state index contributed by atoms with van der Waals surface area (Å²) in [7, 11) is 1.67. The smallest absolute Gasteiger partial charge is 0.223 e. The molecule has 0 radical (unpaired) electrons. The first-order chi connectivity index (χ1) is 8.24. The lowest BCUT2D eigenvalue weighted by Crippen LogP contribution is -2.13. The Morgan fingerprint density at radius 2 is 2.00 bits per heavy atom. The molecule has 5 nitrogen and oxygen atoms in total. The summed E-state index contributed by atoms with van der Waals surface area (Å²) in [4.78, 5) is 13.0. The second kappa shape index (κ2) is 5.40. The van der Waals surface area contributed by atoms with Gasteiger partial charge in [-0.1, -0.05) is 19.8 Å². The molecule has 94 valence electrons. The number of anilines is 1. The lowest BCUT2D eigenvalue weighted by atomic mass is 10.1. The van der Waals surface area contributed by atoms with Crippen LogP contribution in [0, 0.1) is 0 Å². The zero-order valence-corrected chi connectivity index (χ0v) is 10.5. The van der Waals surface area contributed by atoms with Gasteiger partial charge in [-0.15, -0.1) is 0 Å². The number of hydrogen-bond acceptors (Lipinski definition) is 5. The Labute approximate surface area is 102 Å². The highest BCUT2D eigenvalue weighted by atomic mass is 16.5. The van der Waals surface area contributed by atoms with Crippen LogP contribution in [0.4, 0.5) is 5.95 Å². The molecular formula is C12H20N4O. The van der Waals surface area contributed by atoms with Gasteiger partial charge in [0.1, 0.15) is 11.9 Å². The van der Waals surface area contributed by atoms with Gasteiger partial charge in [0.25, 0.3) is 0 Å². The average Bonchev–Trinajstić information content (AvgIpc) is 2.83. The summed E-state index contributed by atoms with van der Waals surface area (Å²) in [5.74, 6) is 2.28. The van der Waals surface area contributed by atoms with Crippen molar-refractivity contribution >= 4 is 5.95 Å². The third-order valence-electron chi connectivity index (χ3n) is 3.35. The van der Waals surface area contributed by atoms with E-state index in [4.69, 9.17) is 10.5 Å². The molecular weight excluding hydrogens is 216 g/mol. The van der Waals surface area contributed by atoms with E-state index < -0.39 is 0 Å². The minimum atomic E-state index is -0.0829. The van der Waals surface area contributed by atoms with Crippen molar-refractivity contribution in [3.05, 3.63) is 11.6 Å². The van der Waals surface area contributed by atoms with Crippen LogP contribution in [0.1, 0.15) is 62.7 Å². The van der Waals surface area contributed by atoms with Gasteiger partial charge in [0.05, 0.1) is 0 Å². The molecule has 0 saturated heterocycles. The van der Waals surface area contributed by atoms with Gasteiger partial charge in [0, 0.05) is 13.0 Å². The number of ether oxygens (including phenoxy) is 1. The fourth-order valence-corrected chi connectivity index (χ4v) is 2.39. The van der Waals surface area contributed by atoms with Gasteiger partial charge >= 0.3 is 0 Å². The van der Waals surface area contributed by atoms with Gasteiger partial charge < -0.3 is 10.5 Å². The SMILES string of the molecule is CCC(OC)c1nc(N)nc(C2CCCC2)n1. The van der Waals surface area contributed by atoms with Crippen molar-refractivity contribution in [3.63, 3.8) is 0 Å². The highest BCUT2D eigenvalue weighted by Gasteiger charge is 2.22. The molecule has 2 N–H and O–H groups in total. The Bertz CT molecular complexity index is 353. The first kappa shape index (κ1) is 12.2. The summed E-state index contributed by atoms with van der Waals surface area (Å²) in [6.07, 6.45) is 5.59. The molecule has 1 aliphatic rings. The number of hydrogen-bond donors (Lipinski definition) is 1. The molecule has 1 heterocycles. The van der Waals surface area contributed by atoms with Gasteiger partial charge in [0.2, 0.25) is 5.95 Å². The Hall–Kier alpha value is -1.23. The van der Waals surface area contributed by atoms with Crippen molar-refractivity contribution in [2.24, 2.45) is 0 Å². The molecule has 5 heteroatoms. The van der Waals surface area contributed by atoms with E-state index in [1.807, 2.05) is 6.92 Å². The zero-order valence-electron chi connectivity index (χ0n) is 10.5. The predicted octanol–water partition coefficient (Wildman–Crippen LogP) is 2.21. The van der Waals surface area contributed by atoms with Gasteiger partial charge in [-0.3, -0.25) is 0 Å². The summed E-state index contributed by atoms with van der Waals surface area (Å²) in [6, 6.07) is 0. The highest BCUT2D eigenvalue weighted by molar-refractivity contribution is 5.18. The number of methoxy groups -OCH3 is 1. The summed E-state index contributed by atoms with van der Waals surface area (Å²) in [5.41, 5.74) is 5.76. The average molecular weight is 236 g/mol. The van der Waals surface area contributed by atoms with E-state index in [0.29, 0.717) is 17.7 Å². The van der Waals surface area contributed by atoms with Gasteiger partial charge in [-0.2, -0.15) is 9.97 Å². The van der Waals surface area contributed by atoms with Crippen LogP contribution in [0.3, 0.4) is 0 Å². The summed E-state index contributed by atoms with van der Waals surface area (Å²) < 4.78 is 5.35. The van der Waals surface area contributed by atoms with Crippen LogP contribution < -0.4 is 5.73 Å².